The zero-order valence-electron chi connectivity index (χ0n) is 15.2. The number of hydrogen-bond acceptors (Lipinski definition) is 0. The third-order valence-electron chi connectivity index (χ3n) is 6.46. The molecule has 2 saturated carbocycles. The van der Waals surface area contributed by atoms with Crippen LogP contribution in [0, 0.1) is 17.8 Å². The first-order chi connectivity index (χ1) is 11.8. The number of hydrogen-bond donors (Lipinski definition) is 0. The summed E-state index contributed by atoms with van der Waals surface area (Å²) in [5, 5.41) is 0.859. The molecule has 1 heteroatoms. The van der Waals surface area contributed by atoms with Gasteiger partial charge in [0.2, 0.25) is 0 Å². The minimum atomic E-state index is 0.770. The van der Waals surface area contributed by atoms with Crippen molar-refractivity contribution >= 4 is 11.6 Å². The number of rotatable bonds is 5. The first kappa shape index (κ1) is 18.1. The van der Waals surface area contributed by atoms with Crippen molar-refractivity contribution in [2.75, 3.05) is 0 Å². The van der Waals surface area contributed by atoms with Crippen LogP contribution in [-0.2, 0) is 0 Å². The molecule has 132 valence electrons. The predicted molar refractivity (Wildman–Crippen MR) is 106 cm³/mol. The van der Waals surface area contributed by atoms with Crippen LogP contribution < -0.4 is 0 Å². The van der Waals surface area contributed by atoms with Crippen LogP contribution in [0.5, 0.6) is 0 Å². The average molecular weight is 345 g/mol. The van der Waals surface area contributed by atoms with Gasteiger partial charge in [-0.2, -0.15) is 0 Å². The van der Waals surface area contributed by atoms with Gasteiger partial charge in [-0.05, 0) is 99.2 Å². The summed E-state index contributed by atoms with van der Waals surface area (Å²) in [5.41, 5.74) is 1.50. The van der Waals surface area contributed by atoms with Crippen molar-refractivity contribution in [3.63, 3.8) is 0 Å². The second kappa shape index (κ2) is 9.09. The molecule has 2 aliphatic carbocycles. The van der Waals surface area contributed by atoms with Crippen molar-refractivity contribution in [2.24, 2.45) is 17.8 Å². The van der Waals surface area contributed by atoms with Crippen LogP contribution in [-0.4, -0.2) is 0 Å². The zero-order valence-corrected chi connectivity index (χ0v) is 16.0. The van der Waals surface area contributed by atoms with E-state index in [1.165, 1.54) is 69.8 Å². The maximum Gasteiger partial charge on any atom is 0.0406 e. The van der Waals surface area contributed by atoms with Crippen LogP contribution in [0.2, 0.25) is 5.02 Å². The Balaban J connectivity index is 1.43. The van der Waals surface area contributed by atoms with Gasteiger partial charge >= 0.3 is 0 Å². The Morgan fingerprint density at radius 2 is 1.46 bits per heavy atom. The molecule has 0 bridgehead atoms. The van der Waals surface area contributed by atoms with Gasteiger partial charge in [0.05, 0.1) is 0 Å². The van der Waals surface area contributed by atoms with Crippen LogP contribution in [0.25, 0.3) is 0 Å². The average Bonchev–Trinajstić information content (AvgIpc) is 2.63. The highest BCUT2D eigenvalue weighted by Gasteiger charge is 2.30. The molecular formula is C23H33Cl. The van der Waals surface area contributed by atoms with E-state index in [4.69, 9.17) is 11.6 Å². The highest BCUT2D eigenvalue weighted by atomic mass is 35.5. The number of allylic oxidation sites excluding steroid dienone is 2. The lowest BCUT2D eigenvalue weighted by atomic mass is 9.68. The molecule has 0 amide bonds. The van der Waals surface area contributed by atoms with Crippen LogP contribution in [0.3, 0.4) is 0 Å². The van der Waals surface area contributed by atoms with Crippen molar-refractivity contribution in [1.29, 1.82) is 0 Å². The van der Waals surface area contributed by atoms with Crippen molar-refractivity contribution < 1.29 is 0 Å². The minimum absolute atomic E-state index is 0.770. The van der Waals surface area contributed by atoms with Gasteiger partial charge in [-0.3, -0.25) is 0 Å². The van der Waals surface area contributed by atoms with Crippen LogP contribution >= 0.6 is 11.6 Å². The molecule has 0 heterocycles. The second-order valence-electron chi connectivity index (χ2n) is 8.05. The summed E-state index contributed by atoms with van der Waals surface area (Å²) in [5.74, 6) is 3.64. The van der Waals surface area contributed by atoms with Gasteiger partial charge in [0.25, 0.3) is 0 Å². The van der Waals surface area contributed by atoms with Gasteiger partial charge in [-0.1, -0.05) is 49.2 Å². The molecule has 3 rings (SSSR count). The van der Waals surface area contributed by atoms with E-state index in [-0.39, 0.29) is 0 Å². The van der Waals surface area contributed by atoms with Gasteiger partial charge in [0.1, 0.15) is 0 Å². The first-order valence-corrected chi connectivity index (χ1v) is 10.6. The van der Waals surface area contributed by atoms with Crippen LogP contribution in [0.4, 0.5) is 0 Å². The van der Waals surface area contributed by atoms with E-state index in [9.17, 15) is 0 Å². The van der Waals surface area contributed by atoms with E-state index >= 15 is 0 Å². The molecule has 2 aliphatic rings. The lowest BCUT2D eigenvalue weighted by Crippen LogP contribution is -2.25. The molecule has 0 spiro atoms. The third-order valence-corrected chi connectivity index (χ3v) is 6.71. The summed E-state index contributed by atoms with van der Waals surface area (Å²) < 4.78 is 0. The molecule has 0 atom stereocenters. The molecule has 0 N–H and O–H groups in total. The van der Waals surface area contributed by atoms with E-state index in [2.05, 4.69) is 43.3 Å². The lowest BCUT2D eigenvalue weighted by molar-refractivity contribution is 0.171. The number of unbranched alkanes of at least 4 members (excludes halogenated alkanes) is 1. The van der Waals surface area contributed by atoms with Crippen molar-refractivity contribution in [1.82, 2.24) is 0 Å². The Morgan fingerprint density at radius 1 is 0.875 bits per heavy atom. The fourth-order valence-electron chi connectivity index (χ4n) is 4.92. The summed E-state index contributed by atoms with van der Waals surface area (Å²) in [6.07, 6.45) is 18.9. The summed E-state index contributed by atoms with van der Waals surface area (Å²) in [6.45, 7) is 2.27. The van der Waals surface area contributed by atoms with Crippen molar-refractivity contribution in [2.45, 2.75) is 77.0 Å². The molecule has 0 saturated heterocycles. The fraction of sp³-hybridized carbons (Fsp3) is 0.652. The van der Waals surface area contributed by atoms with Crippen molar-refractivity contribution in [3.8, 4) is 0 Å². The lowest BCUT2D eigenvalue weighted by Gasteiger charge is -2.37. The predicted octanol–water partition coefficient (Wildman–Crippen LogP) is 7.78. The molecule has 24 heavy (non-hydrogen) atoms. The minimum Gasteiger partial charge on any atom is -0.0883 e. The van der Waals surface area contributed by atoms with Gasteiger partial charge in [0.15, 0.2) is 0 Å². The third kappa shape index (κ3) is 4.88. The van der Waals surface area contributed by atoms with E-state index in [0.29, 0.717) is 0 Å². The quantitative estimate of drug-likeness (QED) is 0.478. The van der Waals surface area contributed by atoms with E-state index in [1.54, 1.807) is 0 Å². The first-order valence-electron chi connectivity index (χ1n) is 10.2. The Bertz CT molecular complexity index is 499. The summed E-state index contributed by atoms with van der Waals surface area (Å²) in [7, 11) is 0. The molecule has 0 unspecified atom stereocenters. The highest BCUT2D eigenvalue weighted by Crippen LogP contribution is 2.44. The molecule has 1 aromatic carbocycles. The zero-order chi connectivity index (χ0) is 16.8. The Kier molecular flexibility index (Phi) is 6.84. The van der Waals surface area contributed by atoms with Crippen LogP contribution in [0.1, 0.15) is 82.6 Å². The van der Waals surface area contributed by atoms with E-state index < -0.39 is 0 Å². The highest BCUT2D eigenvalue weighted by molar-refractivity contribution is 6.30. The van der Waals surface area contributed by atoms with E-state index in [0.717, 1.165) is 28.7 Å². The summed E-state index contributed by atoms with van der Waals surface area (Å²) >= 11 is 6.02. The van der Waals surface area contributed by atoms with E-state index in [1.807, 2.05) is 0 Å². The monoisotopic (exact) mass is 344 g/mol. The molecule has 0 aliphatic heterocycles. The van der Waals surface area contributed by atoms with Gasteiger partial charge in [0, 0.05) is 5.02 Å². The number of halogens is 1. The van der Waals surface area contributed by atoms with Gasteiger partial charge in [-0.25, -0.2) is 0 Å². The second-order valence-corrected chi connectivity index (χ2v) is 8.49. The Hall–Kier alpha value is -0.750. The molecule has 1 aromatic rings. The van der Waals surface area contributed by atoms with Gasteiger partial charge < -0.3 is 0 Å². The Morgan fingerprint density at radius 3 is 2.04 bits per heavy atom. The topological polar surface area (TPSA) is 0 Å². The standard InChI is InChI=1S/C23H33Cl/c1-2-3-4-5-18-6-8-19(9-7-18)20-10-12-21(13-11-20)22-14-16-23(24)17-15-22/h4-5,14-21H,2-3,6-13H2,1H3. The van der Waals surface area contributed by atoms with Gasteiger partial charge in [-0.15, -0.1) is 0 Å². The largest absolute Gasteiger partial charge is 0.0883 e. The SMILES string of the molecule is CCCC=CC1CCC(C2CCC(c3ccc(Cl)cc3)CC2)CC1. The Labute approximate surface area is 153 Å². The summed E-state index contributed by atoms with van der Waals surface area (Å²) in [6, 6.07) is 8.58. The molecule has 0 aromatic heterocycles. The molecule has 0 nitrogen and oxygen atoms in total. The normalized spacial score (nSPS) is 31.4. The van der Waals surface area contributed by atoms with Crippen LogP contribution in [0.15, 0.2) is 36.4 Å². The molecule has 0 radical (unpaired) electrons. The summed E-state index contributed by atoms with van der Waals surface area (Å²) in [4.78, 5) is 0. The molecule has 2 fully saturated rings. The fourth-order valence-corrected chi connectivity index (χ4v) is 5.05. The maximum absolute atomic E-state index is 6.02. The van der Waals surface area contributed by atoms with Crippen molar-refractivity contribution in [3.05, 3.63) is 47.0 Å². The number of benzene rings is 1. The smallest absolute Gasteiger partial charge is 0.0406 e. The maximum atomic E-state index is 6.02. The molecular weight excluding hydrogens is 312 g/mol.